The lowest BCUT2D eigenvalue weighted by Crippen LogP contribution is -2.37. The van der Waals surface area contributed by atoms with Gasteiger partial charge in [-0.15, -0.1) is 0 Å². The minimum absolute atomic E-state index is 0.0526. The van der Waals surface area contributed by atoms with Crippen LogP contribution in [0.25, 0.3) is 0 Å². The number of carbonyl (C=O) groups excluding carboxylic acids is 2. The Kier molecular flexibility index (Phi) is 3.62. The maximum absolute atomic E-state index is 12.8. The van der Waals surface area contributed by atoms with E-state index >= 15 is 0 Å². The van der Waals surface area contributed by atoms with Gasteiger partial charge in [0.05, 0.1) is 11.3 Å². The van der Waals surface area contributed by atoms with Crippen molar-refractivity contribution in [2.45, 2.75) is 12.3 Å². The first-order chi connectivity index (χ1) is 11.6. The number of hydrogen-bond donors (Lipinski definition) is 0. The minimum atomic E-state index is -0.342. The quantitative estimate of drug-likeness (QED) is 0.784. The number of rotatable bonds is 2. The molecule has 2 aliphatic rings. The lowest BCUT2D eigenvalue weighted by molar-refractivity contribution is -0.136. The van der Waals surface area contributed by atoms with E-state index in [1.54, 1.807) is 29.2 Å². The monoisotopic (exact) mass is 339 g/mol. The Labute approximate surface area is 144 Å². The van der Waals surface area contributed by atoms with Gasteiger partial charge >= 0.3 is 5.97 Å². The smallest absolute Gasteiger partial charge is 0.336 e. The van der Waals surface area contributed by atoms with Crippen molar-refractivity contribution < 1.29 is 14.3 Å². The Morgan fingerprint density at radius 1 is 1.00 bits per heavy atom. The van der Waals surface area contributed by atoms with Crippen LogP contribution in [-0.2, 0) is 14.3 Å². The Bertz CT molecular complexity index is 843. The fourth-order valence-electron chi connectivity index (χ4n) is 3.31. The fraction of sp³-hybridized carbons (Fsp3) is 0.158. The molecule has 0 bridgehead atoms. The van der Waals surface area contributed by atoms with Crippen molar-refractivity contribution >= 4 is 29.2 Å². The highest BCUT2D eigenvalue weighted by Gasteiger charge is 2.42. The van der Waals surface area contributed by atoms with Crippen LogP contribution in [0.15, 0.2) is 65.9 Å². The molecule has 120 valence electrons. The van der Waals surface area contributed by atoms with Crippen molar-refractivity contribution in [2.24, 2.45) is 0 Å². The zero-order chi connectivity index (χ0) is 16.7. The van der Waals surface area contributed by atoms with Crippen molar-refractivity contribution in [1.82, 2.24) is 0 Å². The van der Waals surface area contributed by atoms with Crippen LogP contribution >= 0.6 is 11.6 Å². The van der Waals surface area contributed by atoms with E-state index in [-0.39, 0.29) is 30.8 Å². The fourth-order valence-corrected chi connectivity index (χ4v) is 3.44. The third kappa shape index (κ3) is 2.39. The molecule has 0 N–H and O–H groups in total. The molecule has 4 nitrogen and oxygen atoms in total. The highest BCUT2D eigenvalue weighted by atomic mass is 35.5. The molecule has 24 heavy (non-hydrogen) atoms. The van der Waals surface area contributed by atoms with Gasteiger partial charge < -0.3 is 4.74 Å². The maximum Gasteiger partial charge on any atom is 0.336 e. The number of benzene rings is 2. The molecule has 1 atom stereocenters. The predicted molar refractivity (Wildman–Crippen MR) is 90.7 cm³/mol. The zero-order valence-corrected chi connectivity index (χ0v) is 13.5. The molecule has 5 heteroatoms. The minimum Gasteiger partial charge on any atom is -0.456 e. The molecule has 0 saturated heterocycles. The second-order valence-electron chi connectivity index (χ2n) is 5.81. The summed E-state index contributed by atoms with van der Waals surface area (Å²) >= 11 is 5.93. The van der Waals surface area contributed by atoms with E-state index in [0.29, 0.717) is 22.0 Å². The predicted octanol–water partition coefficient (Wildman–Crippen LogP) is 3.67. The normalized spacial score (nSPS) is 20.2. The molecule has 2 aromatic rings. The number of esters is 1. The molecule has 0 aromatic heterocycles. The van der Waals surface area contributed by atoms with Crippen LogP contribution in [0.1, 0.15) is 17.9 Å². The molecule has 0 fully saturated rings. The third-order valence-corrected chi connectivity index (χ3v) is 4.66. The van der Waals surface area contributed by atoms with Gasteiger partial charge in [-0.05, 0) is 29.8 Å². The van der Waals surface area contributed by atoms with E-state index in [1.807, 2.05) is 30.3 Å². The van der Waals surface area contributed by atoms with Crippen molar-refractivity contribution in [3.8, 4) is 0 Å². The first kappa shape index (κ1) is 15.0. The van der Waals surface area contributed by atoms with Crippen LogP contribution < -0.4 is 4.90 Å². The van der Waals surface area contributed by atoms with E-state index in [1.165, 1.54) is 0 Å². The number of amides is 1. The zero-order valence-electron chi connectivity index (χ0n) is 12.7. The van der Waals surface area contributed by atoms with Gasteiger partial charge in [0, 0.05) is 23.0 Å². The standard InChI is InChI=1S/C19H14ClNO3/c20-13-6-8-14(9-7-13)21-16-11-24-19(23)18(16)15(10-17(21)22)12-4-2-1-3-5-12/h1-9,15H,10-11H2/t15-/m1/s1. The van der Waals surface area contributed by atoms with Crippen molar-refractivity contribution in [2.75, 3.05) is 11.5 Å². The van der Waals surface area contributed by atoms with Crippen LogP contribution in [0.4, 0.5) is 5.69 Å². The lowest BCUT2D eigenvalue weighted by atomic mass is 9.84. The summed E-state index contributed by atoms with van der Waals surface area (Å²) in [7, 11) is 0. The number of hydrogen-bond acceptors (Lipinski definition) is 3. The highest BCUT2D eigenvalue weighted by Crippen LogP contribution is 2.41. The van der Waals surface area contributed by atoms with E-state index in [9.17, 15) is 9.59 Å². The molecule has 4 rings (SSSR count). The number of carbonyl (C=O) groups is 2. The van der Waals surface area contributed by atoms with Gasteiger partial charge in [-0.2, -0.15) is 0 Å². The molecule has 0 saturated carbocycles. The van der Waals surface area contributed by atoms with Crippen LogP contribution in [0.2, 0.25) is 5.02 Å². The summed E-state index contributed by atoms with van der Waals surface area (Å²) in [6.07, 6.45) is 0.237. The van der Waals surface area contributed by atoms with Crippen LogP contribution in [-0.4, -0.2) is 18.5 Å². The summed E-state index contributed by atoms with van der Waals surface area (Å²) in [5.41, 5.74) is 2.86. The molecule has 2 heterocycles. The van der Waals surface area contributed by atoms with E-state index in [2.05, 4.69) is 0 Å². The van der Waals surface area contributed by atoms with E-state index in [0.717, 1.165) is 5.56 Å². The summed E-state index contributed by atoms with van der Waals surface area (Å²) in [6.45, 7) is 0.117. The first-order valence-electron chi connectivity index (χ1n) is 7.69. The van der Waals surface area contributed by atoms with E-state index in [4.69, 9.17) is 16.3 Å². The topological polar surface area (TPSA) is 46.6 Å². The van der Waals surface area contributed by atoms with Gasteiger partial charge in [0.25, 0.3) is 0 Å². The van der Waals surface area contributed by atoms with Gasteiger partial charge in [0.15, 0.2) is 0 Å². The SMILES string of the molecule is O=C1OCC2=C1[C@@H](c1ccccc1)CC(=O)N2c1ccc(Cl)cc1. The number of cyclic esters (lactones) is 1. The van der Waals surface area contributed by atoms with Crippen LogP contribution in [0.5, 0.6) is 0 Å². The summed E-state index contributed by atoms with van der Waals surface area (Å²) in [4.78, 5) is 26.7. The van der Waals surface area contributed by atoms with Gasteiger partial charge in [-0.3, -0.25) is 9.69 Å². The summed E-state index contributed by atoms with van der Waals surface area (Å²) in [5, 5.41) is 0.596. The molecule has 0 spiro atoms. The molecule has 1 amide bonds. The molecule has 0 unspecified atom stereocenters. The largest absolute Gasteiger partial charge is 0.456 e. The van der Waals surface area contributed by atoms with E-state index < -0.39 is 0 Å². The van der Waals surface area contributed by atoms with Crippen LogP contribution in [0.3, 0.4) is 0 Å². The van der Waals surface area contributed by atoms with Crippen molar-refractivity contribution in [1.29, 1.82) is 0 Å². The second kappa shape index (κ2) is 5.80. The number of anilines is 1. The van der Waals surface area contributed by atoms with Gasteiger partial charge in [0.2, 0.25) is 5.91 Å². The van der Waals surface area contributed by atoms with Crippen LogP contribution in [0, 0.1) is 0 Å². The molecular weight excluding hydrogens is 326 g/mol. The third-order valence-electron chi connectivity index (χ3n) is 4.40. The summed E-state index contributed by atoms with van der Waals surface area (Å²) in [5.74, 6) is -0.652. The number of nitrogens with zero attached hydrogens (tertiary/aromatic N) is 1. The number of halogens is 1. The number of ether oxygens (including phenoxy) is 1. The van der Waals surface area contributed by atoms with Gasteiger partial charge in [-0.25, -0.2) is 4.79 Å². The molecule has 2 aromatic carbocycles. The lowest BCUT2D eigenvalue weighted by Gasteiger charge is -2.31. The highest BCUT2D eigenvalue weighted by molar-refractivity contribution is 6.30. The molecular formula is C19H14ClNO3. The summed E-state index contributed by atoms with van der Waals surface area (Å²) < 4.78 is 5.24. The van der Waals surface area contributed by atoms with Gasteiger partial charge in [0.1, 0.15) is 6.61 Å². The average Bonchev–Trinajstić information content (AvgIpc) is 2.98. The van der Waals surface area contributed by atoms with Gasteiger partial charge in [-0.1, -0.05) is 41.9 Å². The molecule has 2 aliphatic heterocycles. The average molecular weight is 340 g/mol. The Morgan fingerprint density at radius 2 is 1.71 bits per heavy atom. The second-order valence-corrected chi connectivity index (χ2v) is 6.25. The maximum atomic E-state index is 12.8. The Balaban J connectivity index is 1.83. The van der Waals surface area contributed by atoms with Crippen molar-refractivity contribution in [3.63, 3.8) is 0 Å². The Hall–Kier alpha value is -2.59. The Morgan fingerprint density at radius 3 is 2.42 bits per heavy atom. The molecule has 0 radical (unpaired) electrons. The summed E-state index contributed by atoms with van der Waals surface area (Å²) in [6, 6.07) is 16.6. The first-order valence-corrected chi connectivity index (χ1v) is 8.06. The van der Waals surface area contributed by atoms with Crippen molar-refractivity contribution in [3.05, 3.63) is 76.5 Å². The molecule has 0 aliphatic carbocycles.